The Labute approximate surface area is 222 Å². The van der Waals surface area contributed by atoms with Crippen LogP contribution in [0.4, 0.5) is 16.3 Å². The lowest BCUT2D eigenvalue weighted by Gasteiger charge is -2.38. The Kier molecular flexibility index (Phi) is 7.78. The van der Waals surface area contributed by atoms with Crippen molar-refractivity contribution in [3.05, 3.63) is 65.6 Å². The summed E-state index contributed by atoms with van der Waals surface area (Å²) >= 11 is 0. The van der Waals surface area contributed by atoms with Gasteiger partial charge in [0, 0.05) is 48.8 Å². The van der Waals surface area contributed by atoms with Crippen LogP contribution in [0.1, 0.15) is 30.7 Å². The van der Waals surface area contributed by atoms with E-state index >= 15 is 0 Å². The molecular formula is C28H33N7O3. The molecule has 10 nitrogen and oxygen atoms in total. The molecule has 3 aromatic rings. The molecule has 0 saturated carbocycles. The first-order valence-electron chi connectivity index (χ1n) is 13.1. The molecule has 1 saturated heterocycles. The van der Waals surface area contributed by atoms with Crippen molar-refractivity contribution < 1.29 is 14.3 Å². The minimum absolute atomic E-state index is 0.0610. The maximum absolute atomic E-state index is 13.1. The van der Waals surface area contributed by atoms with Crippen LogP contribution < -0.4 is 15.5 Å². The fourth-order valence-corrected chi connectivity index (χ4v) is 4.86. The van der Waals surface area contributed by atoms with E-state index < -0.39 is 0 Å². The van der Waals surface area contributed by atoms with E-state index in [9.17, 15) is 9.59 Å². The normalized spacial score (nSPS) is 17.1. The van der Waals surface area contributed by atoms with Crippen LogP contribution in [0.5, 0.6) is 0 Å². The van der Waals surface area contributed by atoms with Crippen LogP contribution >= 0.6 is 0 Å². The summed E-state index contributed by atoms with van der Waals surface area (Å²) in [6, 6.07) is 11.2. The number of rotatable bonds is 6. The average molecular weight is 516 g/mol. The third-order valence-electron chi connectivity index (χ3n) is 6.85. The minimum Gasteiger partial charge on any atom is -0.377 e. The van der Waals surface area contributed by atoms with Crippen LogP contribution in [0.2, 0.25) is 0 Å². The van der Waals surface area contributed by atoms with Gasteiger partial charge in [0.2, 0.25) is 5.91 Å². The van der Waals surface area contributed by atoms with E-state index in [1.807, 2.05) is 48.2 Å². The summed E-state index contributed by atoms with van der Waals surface area (Å²) in [5.74, 6) is 1.58. The number of hydrogen-bond donors (Lipinski definition) is 2. The number of morpholine rings is 1. The number of hydrogen-bond acceptors (Lipinski definition) is 7. The number of urea groups is 1. The minimum atomic E-state index is -0.245. The van der Waals surface area contributed by atoms with Crippen LogP contribution in [-0.4, -0.2) is 70.7 Å². The molecule has 38 heavy (non-hydrogen) atoms. The monoisotopic (exact) mass is 515 g/mol. The Morgan fingerprint density at radius 1 is 1.13 bits per heavy atom. The number of nitrogens with zero attached hydrogens (tertiary/aromatic N) is 5. The van der Waals surface area contributed by atoms with Gasteiger partial charge in [0.25, 0.3) is 0 Å². The van der Waals surface area contributed by atoms with Crippen molar-refractivity contribution in [2.45, 2.75) is 39.3 Å². The number of anilines is 2. The van der Waals surface area contributed by atoms with Gasteiger partial charge in [-0.1, -0.05) is 6.07 Å². The van der Waals surface area contributed by atoms with E-state index in [0.717, 1.165) is 34.7 Å². The Morgan fingerprint density at radius 2 is 1.97 bits per heavy atom. The van der Waals surface area contributed by atoms with Crippen molar-refractivity contribution in [1.82, 2.24) is 25.2 Å². The Bertz CT molecular complexity index is 1280. The molecule has 5 rings (SSSR count). The third kappa shape index (κ3) is 5.75. The van der Waals surface area contributed by atoms with Crippen molar-refractivity contribution in [2.24, 2.45) is 0 Å². The first kappa shape index (κ1) is 25.6. The predicted molar refractivity (Wildman–Crippen MR) is 145 cm³/mol. The molecule has 1 atom stereocenters. The van der Waals surface area contributed by atoms with Crippen LogP contribution in [0.25, 0.3) is 11.4 Å². The number of fused-ring (bicyclic) bond motifs is 1. The van der Waals surface area contributed by atoms with Crippen molar-refractivity contribution in [3.8, 4) is 11.4 Å². The summed E-state index contributed by atoms with van der Waals surface area (Å²) in [4.78, 5) is 43.3. The summed E-state index contributed by atoms with van der Waals surface area (Å²) in [5.41, 5.74) is 4.40. The molecular weight excluding hydrogens is 482 g/mol. The summed E-state index contributed by atoms with van der Waals surface area (Å²) < 4.78 is 5.68. The molecule has 2 aliphatic rings. The van der Waals surface area contributed by atoms with Crippen molar-refractivity contribution >= 4 is 23.4 Å². The fraction of sp³-hybridized carbons (Fsp3) is 0.393. The van der Waals surface area contributed by atoms with E-state index in [0.29, 0.717) is 57.2 Å². The van der Waals surface area contributed by atoms with Gasteiger partial charge in [0.1, 0.15) is 5.82 Å². The first-order valence-corrected chi connectivity index (χ1v) is 13.1. The maximum Gasteiger partial charge on any atom is 0.319 e. The first-order chi connectivity index (χ1) is 18.5. The van der Waals surface area contributed by atoms with Gasteiger partial charge in [-0.2, -0.15) is 0 Å². The number of aromatic nitrogens is 3. The van der Waals surface area contributed by atoms with Gasteiger partial charge >= 0.3 is 6.03 Å². The summed E-state index contributed by atoms with van der Waals surface area (Å²) in [7, 11) is 0. The average Bonchev–Trinajstić information content (AvgIpc) is 2.93. The van der Waals surface area contributed by atoms with Crippen LogP contribution in [0, 0.1) is 0 Å². The Hall–Kier alpha value is -4.05. The van der Waals surface area contributed by atoms with Gasteiger partial charge in [0.05, 0.1) is 37.9 Å². The summed E-state index contributed by atoms with van der Waals surface area (Å²) in [6.07, 6.45) is 4.45. The molecule has 198 valence electrons. The molecule has 1 aromatic carbocycles. The lowest BCUT2D eigenvalue weighted by Crippen LogP contribution is -2.46. The lowest BCUT2D eigenvalue weighted by atomic mass is 10.0. The Morgan fingerprint density at radius 3 is 2.71 bits per heavy atom. The lowest BCUT2D eigenvalue weighted by molar-refractivity contribution is -0.131. The second-order valence-electron chi connectivity index (χ2n) is 9.58. The molecule has 2 N–H and O–H groups in total. The summed E-state index contributed by atoms with van der Waals surface area (Å²) in [6.45, 7) is 7.67. The van der Waals surface area contributed by atoms with Gasteiger partial charge in [-0.15, -0.1) is 0 Å². The molecule has 4 heterocycles. The van der Waals surface area contributed by atoms with Gasteiger partial charge in [-0.05, 0) is 56.2 Å². The highest BCUT2D eigenvalue weighted by molar-refractivity contribution is 5.89. The maximum atomic E-state index is 13.1. The zero-order chi connectivity index (χ0) is 26.5. The zero-order valence-electron chi connectivity index (χ0n) is 21.8. The third-order valence-corrected chi connectivity index (χ3v) is 6.85. The molecule has 1 unspecified atom stereocenters. The summed E-state index contributed by atoms with van der Waals surface area (Å²) in [5, 5.41) is 5.54. The molecule has 2 aliphatic heterocycles. The van der Waals surface area contributed by atoms with E-state index in [4.69, 9.17) is 14.7 Å². The number of ether oxygens (including phenoxy) is 1. The highest BCUT2D eigenvalue weighted by atomic mass is 16.5. The van der Waals surface area contributed by atoms with E-state index in [1.54, 1.807) is 12.4 Å². The predicted octanol–water partition coefficient (Wildman–Crippen LogP) is 3.03. The van der Waals surface area contributed by atoms with Gasteiger partial charge in [-0.25, -0.2) is 14.8 Å². The number of carbonyl (C=O) groups is 2. The Balaban J connectivity index is 1.44. The topological polar surface area (TPSA) is 113 Å². The molecule has 0 spiro atoms. The van der Waals surface area contributed by atoms with Crippen molar-refractivity contribution in [3.63, 3.8) is 0 Å². The molecule has 1 fully saturated rings. The second kappa shape index (κ2) is 11.6. The number of benzene rings is 1. The van der Waals surface area contributed by atoms with Crippen LogP contribution in [0.3, 0.4) is 0 Å². The standard InChI is InChI=1S/C28H33N7O3/c1-3-30-28(37)31-22-8-6-21(7-9-22)26-32-24-17-34(25(36)15-20-5-4-11-29-16-20)12-10-23(24)27(33-26)35-13-14-38-18-19(35)2/h4-9,11,16,19H,3,10,12-15,17-18H2,1-2H3,(H2,30,31,37). The SMILES string of the molecule is CCNC(=O)Nc1ccc(-c2nc3c(c(N4CCOCC4C)n2)CCN(C(=O)Cc2cccnc2)C3)cc1. The highest BCUT2D eigenvalue weighted by Crippen LogP contribution is 2.32. The number of nitrogens with one attached hydrogen (secondary N) is 2. The molecule has 0 radical (unpaired) electrons. The van der Waals surface area contributed by atoms with E-state index in [1.165, 1.54) is 0 Å². The smallest absolute Gasteiger partial charge is 0.319 e. The number of amides is 3. The van der Waals surface area contributed by atoms with Crippen molar-refractivity contribution in [1.29, 1.82) is 0 Å². The number of pyridine rings is 1. The molecule has 3 amide bonds. The van der Waals surface area contributed by atoms with E-state index in [-0.39, 0.29) is 18.0 Å². The quantitative estimate of drug-likeness (QED) is 0.519. The molecule has 0 aliphatic carbocycles. The zero-order valence-corrected chi connectivity index (χ0v) is 21.8. The van der Waals surface area contributed by atoms with Gasteiger partial charge in [0.15, 0.2) is 5.82 Å². The van der Waals surface area contributed by atoms with Crippen molar-refractivity contribution in [2.75, 3.05) is 43.1 Å². The van der Waals surface area contributed by atoms with Crippen LogP contribution in [-0.2, 0) is 28.9 Å². The molecule has 2 aromatic heterocycles. The van der Waals surface area contributed by atoms with E-state index in [2.05, 4.69) is 27.4 Å². The molecule has 0 bridgehead atoms. The van der Waals surface area contributed by atoms with Gasteiger partial charge in [-0.3, -0.25) is 9.78 Å². The largest absolute Gasteiger partial charge is 0.377 e. The van der Waals surface area contributed by atoms with Crippen LogP contribution in [0.15, 0.2) is 48.8 Å². The number of carbonyl (C=O) groups excluding carboxylic acids is 2. The second-order valence-corrected chi connectivity index (χ2v) is 9.58. The highest BCUT2D eigenvalue weighted by Gasteiger charge is 2.30. The molecule has 10 heteroatoms. The van der Waals surface area contributed by atoms with Gasteiger partial charge < -0.3 is 25.2 Å². The fourth-order valence-electron chi connectivity index (χ4n) is 4.86.